The summed E-state index contributed by atoms with van der Waals surface area (Å²) in [7, 11) is 0. The fourth-order valence-corrected chi connectivity index (χ4v) is 4.77. The zero-order valence-corrected chi connectivity index (χ0v) is 18.3. The van der Waals surface area contributed by atoms with Crippen LogP contribution in [0.4, 0.5) is 5.82 Å². The Morgan fingerprint density at radius 2 is 2.23 bits per heavy atom. The molecule has 1 saturated heterocycles. The molecule has 0 spiro atoms. The van der Waals surface area contributed by atoms with E-state index in [0.717, 1.165) is 33.4 Å². The number of anilines is 1. The fraction of sp³-hybridized carbons (Fsp3) is 0.400. The molecule has 1 aliphatic carbocycles. The first-order chi connectivity index (χ1) is 14.5. The molecule has 30 heavy (non-hydrogen) atoms. The Hall–Kier alpha value is -2.23. The minimum absolute atomic E-state index is 0.0142. The van der Waals surface area contributed by atoms with E-state index in [1.807, 2.05) is 18.2 Å². The predicted octanol–water partition coefficient (Wildman–Crippen LogP) is 3.55. The number of nitrogens with zero attached hydrogens (tertiary/aromatic N) is 5. The third-order valence-corrected chi connectivity index (χ3v) is 7.02. The van der Waals surface area contributed by atoms with Gasteiger partial charge < -0.3 is 14.7 Å². The van der Waals surface area contributed by atoms with Gasteiger partial charge >= 0.3 is 5.97 Å². The molecular formula is C20H19BrClN5O3. The van der Waals surface area contributed by atoms with Crippen molar-refractivity contribution in [2.24, 2.45) is 11.8 Å². The van der Waals surface area contributed by atoms with Crippen LogP contribution < -0.4 is 4.90 Å². The number of pyridine rings is 1. The molecule has 5 rings (SSSR count). The summed E-state index contributed by atoms with van der Waals surface area (Å²) >= 11 is 9.83. The minimum atomic E-state index is -0.847. The molecule has 3 heterocycles. The van der Waals surface area contributed by atoms with Gasteiger partial charge in [0.1, 0.15) is 18.5 Å². The van der Waals surface area contributed by atoms with Crippen molar-refractivity contribution in [2.75, 3.05) is 24.7 Å². The van der Waals surface area contributed by atoms with Gasteiger partial charge in [0.2, 0.25) is 0 Å². The van der Waals surface area contributed by atoms with E-state index in [4.69, 9.17) is 26.4 Å². The van der Waals surface area contributed by atoms with Gasteiger partial charge in [0.25, 0.3) is 0 Å². The molecule has 10 heteroatoms. The van der Waals surface area contributed by atoms with Gasteiger partial charge in [-0.05, 0) is 46.3 Å². The molecule has 1 N–H and O–H groups in total. The quantitative estimate of drug-likeness (QED) is 0.504. The number of aliphatic carboxylic acids is 1. The van der Waals surface area contributed by atoms with Crippen molar-refractivity contribution in [1.82, 2.24) is 19.7 Å². The summed E-state index contributed by atoms with van der Waals surface area (Å²) in [6.45, 7) is 1.64. The van der Waals surface area contributed by atoms with Gasteiger partial charge in [-0.3, -0.25) is 4.79 Å². The lowest BCUT2D eigenvalue weighted by molar-refractivity contribution is -0.138. The fourth-order valence-electron chi connectivity index (χ4n) is 4.27. The van der Waals surface area contributed by atoms with E-state index in [2.05, 4.69) is 30.9 Å². The summed E-state index contributed by atoms with van der Waals surface area (Å²) in [5, 5.41) is 14.6. The van der Waals surface area contributed by atoms with Crippen LogP contribution in [0, 0.1) is 11.8 Å². The Morgan fingerprint density at radius 3 is 3.00 bits per heavy atom. The summed E-state index contributed by atoms with van der Waals surface area (Å²) in [4.78, 5) is 22.0. The largest absolute Gasteiger partial charge is 0.481 e. The van der Waals surface area contributed by atoms with Crippen LogP contribution >= 0.6 is 27.5 Å². The summed E-state index contributed by atoms with van der Waals surface area (Å²) in [5.74, 6) is 1.21. The van der Waals surface area contributed by atoms with Gasteiger partial charge in [-0.25, -0.2) is 14.6 Å². The molecule has 2 fully saturated rings. The SMILES string of the molecule is O=C(O)CCOC[C@@H]1[C@@H]2C[C@@H]2CN1c1cc(-n2cncn2)c2cc(Cl)c(Br)cc2n1. The smallest absolute Gasteiger partial charge is 0.305 e. The van der Waals surface area contributed by atoms with E-state index in [9.17, 15) is 4.79 Å². The maximum absolute atomic E-state index is 10.8. The minimum Gasteiger partial charge on any atom is -0.481 e. The van der Waals surface area contributed by atoms with Crippen LogP contribution in [0.25, 0.3) is 16.6 Å². The highest BCUT2D eigenvalue weighted by atomic mass is 79.9. The molecule has 3 aromatic rings. The maximum Gasteiger partial charge on any atom is 0.305 e. The zero-order chi connectivity index (χ0) is 20.8. The third-order valence-electron chi connectivity index (χ3n) is 5.83. The third kappa shape index (κ3) is 3.66. The van der Waals surface area contributed by atoms with Crippen LogP contribution in [0.15, 0.2) is 35.3 Å². The van der Waals surface area contributed by atoms with Crippen LogP contribution in [0.2, 0.25) is 5.02 Å². The average Bonchev–Trinajstić information content (AvgIpc) is 3.12. The van der Waals surface area contributed by atoms with Crippen molar-refractivity contribution < 1.29 is 14.6 Å². The van der Waals surface area contributed by atoms with Crippen molar-refractivity contribution in [1.29, 1.82) is 0 Å². The molecule has 8 nitrogen and oxygen atoms in total. The van der Waals surface area contributed by atoms with Crippen molar-refractivity contribution in [3.05, 3.63) is 40.3 Å². The lowest BCUT2D eigenvalue weighted by Crippen LogP contribution is -2.37. The normalized spacial score (nSPS) is 22.5. The molecule has 1 aliphatic heterocycles. The molecule has 1 saturated carbocycles. The molecule has 0 bridgehead atoms. The topological polar surface area (TPSA) is 93.4 Å². The maximum atomic E-state index is 10.8. The van der Waals surface area contributed by atoms with E-state index in [1.165, 1.54) is 12.7 Å². The summed E-state index contributed by atoms with van der Waals surface area (Å²) in [6.07, 6.45) is 4.35. The number of carboxylic acids is 1. The number of carbonyl (C=O) groups is 1. The summed E-state index contributed by atoms with van der Waals surface area (Å²) in [6, 6.07) is 5.99. The molecule has 0 radical (unpaired) electrons. The monoisotopic (exact) mass is 491 g/mol. The standard InChI is InChI=1S/C20H19BrClN5O3/c21-14-5-16-13(4-15(14)22)17(27-10-23-9-24-27)6-19(25-16)26-7-11-3-12(11)18(26)8-30-2-1-20(28)29/h4-6,9-12,18H,1-3,7-8H2,(H,28,29)/t11-,12-,18-/m1/s1. The van der Waals surface area contributed by atoms with Crippen LogP contribution in [-0.4, -0.2) is 56.6 Å². The van der Waals surface area contributed by atoms with E-state index < -0.39 is 5.97 Å². The number of piperidine rings is 1. The summed E-state index contributed by atoms with van der Waals surface area (Å²) < 4.78 is 8.20. The van der Waals surface area contributed by atoms with Crippen LogP contribution in [0.3, 0.4) is 0 Å². The highest BCUT2D eigenvalue weighted by Crippen LogP contribution is 2.51. The average molecular weight is 493 g/mol. The van der Waals surface area contributed by atoms with Crippen molar-refractivity contribution >= 4 is 50.2 Å². The molecule has 3 atom stereocenters. The van der Waals surface area contributed by atoms with Gasteiger partial charge in [0, 0.05) is 22.5 Å². The zero-order valence-electron chi connectivity index (χ0n) is 15.9. The number of fused-ring (bicyclic) bond motifs is 2. The molecule has 0 unspecified atom stereocenters. The lowest BCUT2D eigenvalue weighted by atomic mass is 10.1. The first kappa shape index (κ1) is 19.7. The lowest BCUT2D eigenvalue weighted by Gasteiger charge is -2.29. The number of carboxylic acid groups (broad SMARTS) is 1. The number of rotatable bonds is 7. The molecule has 2 aliphatic rings. The number of aromatic nitrogens is 4. The first-order valence-electron chi connectivity index (χ1n) is 9.72. The van der Waals surface area contributed by atoms with Crippen molar-refractivity contribution in [3.8, 4) is 5.69 Å². The second-order valence-corrected chi connectivity index (χ2v) is 8.98. The Kier molecular flexibility index (Phi) is 5.12. The van der Waals surface area contributed by atoms with E-state index in [0.29, 0.717) is 23.5 Å². The molecule has 156 valence electrons. The van der Waals surface area contributed by atoms with E-state index in [1.54, 1.807) is 11.0 Å². The Labute approximate surface area is 185 Å². The number of hydrogen-bond donors (Lipinski definition) is 1. The second-order valence-electron chi connectivity index (χ2n) is 7.72. The Morgan fingerprint density at radius 1 is 1.37 bits per heavy atom. The highest BCUT2D eigenvalue weighted by Gasteiger charge is 2.52. The van der Waals surface area contributed by atoms with Crippen LogP contribution in [0.1, 0.15) is 12.8 Å². The molecule has 1 aromatic carbocycles. The van der Waals surface area contributed by atoms with Crippen molar-refractivity contribution in [3.63, 3.8) is 0 Å². The molecular weight excluding hydrogens is 474 g/mol. The van der Waals surface area contributed by atoms with E-state index >= 15 is 0 Å². The van der Waals surface area contributed by atoms with Gasteiger partial charge in [0.15, 0.2) is 0 Å². The van der Waals surface area contributed by atoms with Crippen LogP contribution in [-0.2, 0) is 9.53 Å². The Balaban J connectivity index is 1.50. The first-order valence-corrected chi connectivity index (χ1v) is 10.9. The molecule has 0 amide bonds. The number of halogens is 2. The molecule has 2 aromatic heterocycles. The van der Waals surface area contributed by atoms with E-state index in [-0.39, 0.29) is 19.1 Å². The van der Waals surface area contributed by atoms with Gasteiger partial charge in [-0.1, -0.05) is 11.6 Å². The summed E-state index contributed by atoms with van der Waals surface area (Å²) in [5.41, 5.74) is 1.66. The Bertz CT molecular complexity index is 1110. The number of ether oxygens (including phenoxy) is 1. The second kappa shape index (κ2) is 7.79. The van der Waals surface area contributed by atoms with Gasteiger partial charge in [-0.2, -0.15) is 5.10 Å². The van der Waals surface area contributed by atoms with Crippen molar-refractivity contribution in [2.45, 2.75) is 18.9 Å². The highest BCUT2D eigenvalue weighted by molar-refractivity contribution is 9.10. The van der Waals surface area contributed by atoms with Gasteiger partial charge in [0.05, 0.1) is 41.9 Å². The number of hydrogen-bond acceptors (Lipinski definition) is 6. The number of benzene rings is 1. The predicted molar refractivity (Wildman–Crippen MR) is 115 cm³/mol. The van der Waals surface area contributed by atoms with Gasteiger partial charge in [-0.15, -0.1) is 0 Å². The van der Waals surface area contributed by atoms with Crippen LogP contribution in [0.5, 0.6) is 0 Å².